The first-order valence-corrected chi connectivity index (χ1v) is 18.5. The zero-order chi connectivity index (χ0) is 35.2. The molecule has 1 aromatic heterocycles. The van der Waals surface area contributed by atoms with Crippen molar-refractivity contribution in [1.82, 2.24) is 4.90 Å². The van der Waals surface area contributed by atoms with Gasteiger partial charge in [0.1, 0.15) is 10.9 Å². The van der Waals surface area contributed by atoms with Crippen LogP contribution in [0, 0.1) is 18.3 Å². The molecule has 0 radical (unpaired) electrons. The molecule has 0 fully saturated rings. The van der Waals surface area contributed by atoms with Gasteiger partial charge in [0.25, 0.3) is 10.1 Å². The van der Waals surface area contributed by atoms with Gasteiger partial charge in [0, 0.05) is 25.3 Å². The molecule has 0 aliphatic heterocycles. The molecule has 16 heteroatoms. The summed E-state index contributed by atoms with van der Waals surface area (Å²) in [5, 5.41) is 18.3. The van der Waals surface area contributed by atoms with Gasteiger partial charge in [0.2, 0.25) is 0 Å². The molecule has 0 aliphatic rings. The van der Waals surface area contributed by atoms with Gasteiger partial charge in [0.15, 0.2) is 5.00 Å². The first kappa shape index (κ1) is 41.2. The van der Waals surface area contributed by atoms with E-state index in [0.717, 1.165) is 35.7 Å². The number of thiophene rings is 1. The van der Waals surface area contributed by atoms with E-state index in [2.05, 4.69) is 33.0 Å². The number of carbonyl (C=O) groups is 1. The Hall–Kier alpha value is -3.01. The lowest BCUT2D eigenvalue weighted by atomic mass is 10.1. The molecule has 0 atom stereocenters. The number of aryl methyl sites for hydroxylation is 1. The number of ether oxygens (including phenoxy) is 5. The van der Waals surface area contributed by atoms with E-state index in [1.165, 1.54) is 6.07 Å². The minimum atomic E-state index is -3.92. The average molecular weight is 712 g/mol. The summed E-state index contributed by atoms with van der Waals surface area (Å²) in [6, 6.07) is 9.42. The molecule has 1 N–H and O–H groups in total. The molecular weight excluding hydrogens is 663 g/mol. The molecule has 48 heavy (non-hydrogen) atoms. The predicted molar refractivity (Wildman–Crippen MR) is 185 cm³/mol. The normalized spacial score (nSPS) is 11.8. The molecular formula is C32H49N5O9S2. The minimum Gasteiger partial charge on any atom is -0.462 e. The van der Waals surface area contributed by atoms with Crippen LogP contribution in [0.25, 0.3) is 0 Å². The maximum atomic E-state index is 12.0. The molecule has 268 valence electrons. The molecule has 0 saturated heterocycles. The number of likely N-dealkylation sites (N-methyl/N-ethyl adjacent to an activating group) is 2. The third-order valence-corrected chi connectivity index (χ3v) is 8.79. The van der Waals surface area contributed by atoms with E-state index < -0.39 is 16.1 Å². The smallest absolute Gasteiger partial charge is 0.348 e. The minimum absolute atomic E-state index is 0.232. The van der Waals surface area contributed by atoms with Crippen LogP contribution in [0.15, 0.2) is 34.5 Å². The van der Waals surface area contributed by atoms with E-state index >= 15 is 0 Å². The summed E-state index contributed by atoms with van der Waals surface area (Å²) in [5.74, 6) is -0.713. The van der Waals surface area contributed by atoms with Crippen molar-refractivity contribution in [3.63, 3.8) is 0 Å². The Bertz CT molecular complexity index is 1410. The van der Waals surface area contributed by atoms with Crippen LogP contribution in [-0.4, -0.2) is 122 Å². The topological polar surface area (TPSA) is 173 Å². The summed E-state index contributed by atoms with van der Waals surface area (Å²) in [6.45, 7) is 15.4. The van der Waals surface area contributed by atoms with Gasteiger partial charge >= 0.3 is 5.97 Å². The van der Waals surface area contributed by atoms with Crippen molar-refractivity contribution >= 4 is 43.8 Å². The van der Waals surface area contributed by atoms with Crippen LogP contribution >= 0.6 is 11.3 Å². The predicted octanol–water partition coefficient (Wildman–Crippen LogP) is 5.01. The fourth-order valence-electron chi connectivity index (χ4n) is 4.39. The van der Waals surface area contributed by atoms with E-state index in [1.807, 2.05) is 32.0 Å². The monoisotopic (exact) mass is 711 g/mol. The Kier molecular flexibility index (Phi) is 20.0. The van der Waals surface area contributed by atoms with Crippen LogP contribution in [0.2, 0.25) is 0 Å². The van der Waals surface area contributed by atoms with Crippen LogP contribution in [0.4, 0.5) is 16.4 Å². The summed E-state index contributed by atoms with van der Waals surface area (Å²) < 4.78 is 57.9. The summed E-state index contributed by atoms with van der Waals surface area (Å²) in [6.07, 6.45) is 0.385. The van der Waals surface area contributed by atoms with Crippen molar-refractivity contribution in [3.8, 4) is 6.07 Å². The highest BCUT2D eigenvalue weighted by atomic mass is 32.2. The Morgan fingerprint density at radius 3 is 2.06 bits per heavy atom. The van der Waals surface area contributed by atoms with Gasteiger partial charge in [0.05, 0.1) is 76.5 Å². The fourth-order valence-corrected chi connectivity index (χ4v) is 5.70. The first-order valence-electron chi connectivity index (χ1n) is 16.1. The molecule has 0 saturated carbocycles. The average Bonchev–Trinajstić information content (AvgIpc) is 3.48. The van der Waals surface area contributed by atoms with Gasteiger partial charge in [-0.3, -0.25) is 4.55 Å². The molecule has 0 bridgehead atoms. The van der Waals surface area contributed by atoms with Gasteiger partial charge in [-0.25, -0.2) is 4.79 Å². The number of nitriles is 1. The second kappa shape index (κ2) is 23.4. The number of anilines is 1. The second-order valence-electron chi connectivity index (χ2n) is 10.4. The van der Waals surface area contributed by atoms with Gasteiger partial charge in [-0.2, -0.15) is 13.7 Å². The standard InChI is InChI=1S/C32H49N5O9S2/c1-5-36(11-8-22-48(39,40)41)12-14-42-16-18-44-20-21-45-19-17-43-15-13-37(6-2)28-9-10-29(26(4)23-28)34-35-31-27(25-33)24-30(47-31)32(38)46-7-3/h9-10,23-24H,5-8,11-22H2,1-4H3,(H,39,40,41)/b35-34+. The van der Waals surface area contributed by atoms with E-state index in [9.17, 15) is 18.5 Å². The first-order chi connectivity index (χ1) is 23.1. The van der Waals surface area contributed by atoms with Crippen molar-refractivity contribution in [2.24, 2.45) is 10.2 Å². The number of carbonyl (C=O) groups excluding carboxylic acids is 1. The zero-order valence-electron chi connectivity index (χ0n) is 28.4. The highest BCUT2D eigenvalue weighted by Crippen LogP contribution is 2.33. The van der Waals surface area contributed by atoms with Crippen LogP contribution in [0.3, 0.4) is 0 Å². The Morgan fingerprint density at radius 1 is 0.896 bits per heavy atom. The van der Waals surface area contributed by atoms with Crippen LogP contribution < -0.4 is 4.90 Å². The molecule has 1 aromatic carbocycles. The van der Waals surface area contributed by atoms with Crippen LogP contribution in [0.1, 0.15) is 48.0 Å². The van der Waals surface area contributed by atoms with Gasteiger partial charge in [-0.15, -0.1) is 21.6 Å². The fraction of sp³-hybridized carbons (Fsp3) is 0.625. The van der Waals surface area contributed by atoms with Crippen molar-refractivity contribution in [2.75, 3.05) is 103 Å². The third kappa shape index (κ3) is 16.4. The number of rotatable bonds is 26. The number of nitrogens with zero attached hydrogens (tertiary/aromatic N) is 5. The molecule has 0 unspecified atom stereocenters. The lowest BCUT2D eigenvalue weighted by Crippen LogP contribution is -2.30. The largest absolute Gasteiger partial charge is 0.462 e. The lowest BCUT2D eigenvalue weighted by Gasteiger charge is -2.23. The third-order valence-electron chi connectivity index (χ3n) is 6.98. The Labute approximate surface area is 288 Å². The van der Waals surface area contributed by atoms with E-state index in [-0.39, 0.29) is 17.9 Å². The lowest BCUT2D eigenvalue weighted by molar-refractivity contribution is -0.00310. The molecule has 14 nitrogen and oxygen atoms in total. The number of esters is 1. The van der Waals surface area contributed by atoms with Gasteiger partial charge < -0.3 is 33.5 Å². The van der Waals surface area contributed by atoms with Crippen LogP contribution in [0.5, 0.6) is 0 Å². The zero-order valence-corrected chi connectivity index (χ0v) is 30.0. The van der Waals surface area contributed by atoms with Crippen LogP contribution in [-0.2, 0) is 33.8 Å². The molecule has 1 heterocycles. The SMILES string of the molecule is CCOC(=O)c1cc(C#N)c(/N=N/c2ccc(N(CC)CCOCCOCCOCCOCCN(CC)CCCS(=O)(=O)O)cc2C)s1. The van der Waals surface area contributed by atoms with Crippen molar-refractivity contribution in [3.05, 3.63) is 40.3 Å². The van der Waals surface area contributed by atoms with E-state index in [0.29, 0.717) is 94.5 Å². The maximum Gasteiger partial charge on any atom is 0.348 e. The van der Waals surface area contributed by atoms with Crippen molar-refractivity contribution in [1.29, 1.82) is 5.26 Å². The van der Waals surface area contributed by atoms with E-state index in [4.69, 9.17) is 28.2 Å². The Morgan fingerprint density at radius 2 is 1.52 bits per heavy atom. The quantitative estimate of drug-likeness (QED) is 0.0599. The number of hydrogen-bond acceptors (Lipinski definition) is 14. The summed E-state index contributed by atoms with van der Waals surface area (Å²) in [7, 11) is -3.92. The Balaban J connectivity index is 1.59. The summed E-state index contributed by atoms with van der Waals surface area (Å²) in [5.41, 5.74) is 2.91. The number of azo groups is 1. The second-order valence-corrected chi connectivity index (χ2v) is 13.0. The van der Waals surface area contributed by atoms with Gasteiger partial charge in [-0.1, -0.05) is 6.92 Å². The molecule has 0 amide bonds. The number of hydrogen-bond donors (Lipinski definition) is 1. The summed E-state index contributed by atoms with van der Waals surface area (Å²) >= 11 is 1.08. The molecule has 0 spiro atoms. The van der Waals surface area contributed by atoms with Crippen molar-refractivity contribution < 1.29 is 41.4 Å². The molecule has 2 rings (SSSR count). The van der Waals surface area contributed by atoms with Gasteiger partial charge in [-0.05, 0) is 70.1 Å². The highest BCUT2D eigenvalue weighted by Gasteiger charge is 2.16. The summed E-state index contributed by atoms with van der Waals surface area (Å²) in [4.78, 5) is 16.6. The maximum absolute atomic E-state index is 12.0. The molecule has 0 aliphatic carbocycles. The number of benzene rings is 1. The van der Waals surface area contributed by atoms with Crippen molar-refractivity contribution in [2.45, 2.75) is 34.1 Å². The molecule has 2 aromatic rings. The highest BCUT2D eigenvalue weighted by molar-refractivity contribution is 7.85. The van der Waals surface area contributed by atoms with E-state index in [1.54, 1.807) is 6.92 Å².